The number of likely N-dealkylation sites (tertiary alicyclic amines) is 1. The molecule has 0 amide bonds. The topological polar surface area (TPSA) is 41.3 Å². The number of aromatic nitrogens is 2. The van der Waals surface area contributed by atoms with E-state index in [9.17, 15) is 13.9 Å². The summed E-state index contributed by atoms with van der Waals surface area (Å²) in [6.07, 6.45) is 6.98. The van der Waals surface area contributed by atoms with Gasteiger partial charge in [-0.3, -0.25) is 9.58 Å². The Bertz CT molecular complexity index is 742. The molecule has 2 aliphatic rings. The molecule has 0 radical (unpaired) electrons. The number of halogens is 2. The van der Waals surface area contributed by atoms with Gasteiger partial charge in [-0.15, -0.1) is 0 Å². The van der Waals surface area contributed by atoms with E-state index in [2.05, 4.69) is 9.58 Å². The molecule has 6 heteroatoms. The summed E-state index contributed by atoms with van der Waals surface area (Å²) in [6, 6.07) is 6.39. The third kappa shape index (κ3) is 3.46. The Morgan fingerprint density at radius 1 is 1.12 bits per heavy atom. The third-order valence-corrected chi connectivity index (χ3v) is 5.44. The predicted octanol–water partition coefficient (Wildman–Crippen LogP) is 3.58. The fraction of sp³-hybridized carbons (Fsp3) is 0.526. The van der Waals surface area contributed by atoms with Crippen molar-refractivity contribution in [1.82, 2.24) is 14.7 Å². The van der Waals surface area contributed by atoms with Gasteiger partial charge in [0.05, 0.1) is 17.8 Å². The minimum atomic E-state index is -0.843. The van der Waals surface area contributed by atoms with Crippen molar-refractivity contribution in [3.05, 3.63) is 53.4 Å². The summed E-state index contributed by atoms with van der Waals surface area (Å²) >= 11 is 0. The number of hydrogen-bond donors (Lipinski definition) is 1. The summed E-state index contributed by atoms with van der Waals surface area (Å²) in [6.45, 7) is 1.11. The molecule has 134 valence electrons. The molecule has 2 heterocycles. The minimum absolute atomic E-state index is 0.123. The number of nitrogens with zero attached hydrogens (tertiary/aromatic N) is 3. The maximum absolute atomic E-state index is 13.6. The monoisotopic (exact) mass is 347 g/mol. The first-order valence-corrected chi connectivity index (χ1v) is 9.01. The fourth-order valence-electron chi connectivity index (χ4n) is 4.16. The number of aliphatic hydroxyl groups excluding tert-OH is 1. The Morgan fingerprint density at radius 2 is 1.92 bits per heavy atom. The summed E-state index contributed by atoms with van der Waals surface area (Å²) in [7, 11) is 0. The van der Waals surface area contributed by atoms with Crippen molar-refractivity contribution in [2.24, 2.45) is 0 Å². The third-order valence-electron chi connectivity index (χ3n) is 5.44. The summed E-state index contributed by atoms with van der Waals surface area (Å²) in [5.41, 5.74) is 1.65. The van der Waals surface area contributed by atoms with E-state index in [-0.39, 0.29) is 6.04 Å². The lowest BCUT2D eigenvalue weighted by Crippen LogP contribution is -2.25. The lowest BCUT2D eigenvalue weighted by molar-refractivity contribution is 0.172. The number of rotatable bonds is 4. The smallest absolute Gasteiger partial charge is 0.159 e. The van der Waals surface area contributed by atoms with Crippen molar-refractivity contribution in [2.45, 2.75) is 56.8 Å². The highest BCUT2D eigenvalue weighted by molar-refractivity contribution is 5.23. The van der Waals surface area contributed by atoms with Crippen LogP contribution in [0.2, 0.25) is 0 Å². The molecule has 1 aromatic carbocycles. The average molecular weight is 347 g/mol. The molecule has 25 heavy (non-hydrogen) atoms. The van der Waals surface area contributed by atoms with Gasteiger partial charge in [-0.05, 0) is 43.0 Å². The van der Waals surface area contributed by atoms with Gasteiger partial charge in [-0.25, -0.2) is 8.78 Å². The maximum Gasteiger partial charge on any atom is 0.159 e. The number of β-amino-alcohol motifs (C(OH)–C–C–N with tert-alkyl or cyclic N) is 1. The van der Waals surface area contributed by atoms with E-state index in [0.29, 0.717) is 31.1 Å². The number of hydrogen-bond acceptors (Lipinski definition) is 3. The van der Waals surface area contributed by atoms with Crippen LogP contribution in [-0.2, 0) is 6.54 Å². The van der Waals surface area contributed by atoms with Gasteiger partial charge in [0.15, 0.2) is 11.6 Å². The van der Waals surface area contributed by atoms with E-state index in [1.54, 1.807) is 6.07 Å². The largest absolute Gasteiger partial charge is 0.392 e. The molecule has 1 aliphatic heterocycles. The second-order valence-electron chi connectivity index (χ2n) is 7.23. The summed E-state index contributed by atoms with van der Waals surface area (Å²) in [5, 5.41) is 14.8. The van der Waals surface area contributed by atoms with Crippen molar-refractivity contribution in [3.8, 4) is 0 Å². The van der Waals surface area contributed by atoms with Gasteiger partial charge in [0, 0.05) is 25.3 Å². The zero-order valence-electron chi connectivity index (χ0n) is 14.1. The molecule has 0 spiro atoms. The number of aliphatic hydroxyl groups is 1. The van der Waals surface area contributed by atoms with Gasteiger partial charge in [0.2, 0.25) is 0 Å². The maximum atomic E-state index is 13.6. The Balaban J connectivity index is 1.50. The number of benzene rings is 1. The molecule has 1 aliphatic carbocycles. The van der Waals surface area contributed by atoms with Crippen molar-refractivity contribution in [2.75, 3.05) is 6.54 Å². The van der Waals surface area contributed by atoms with Crippen LogP contribution in [0.4, 0.5) is 8.78 Å². The molecule has 1 aromatic heterocycles. The minimum Gasteiger partial charge on any atom is -0.392 e. The van der Waals surface area contributed by atoms with Crippen LogP contribution in [0.25, 0.3) is 0 Å². The normalized spacial score (nSPS) is 25.1. The highest BCUT2D eigenvalue weighted by atomic mass is 19.2. The molecule has 0 unspecified atom stereocenters. The first-order valence-electron chi connectivity index (χ1n) is 9.01. The van der Waals surface area contributed by atoms with Crippen molar-refractivity contribution in [1.29, 1.82) is 0 Å². The second-order valence-corrected chi connectivity index (χ2v) is 7.23. The van der Waals surface area contributed by atoms with E-state index >= 15 is 0 Å². The van der Waals surface area contributed by atoms with Crippen LogP contribution in [0.3, 0.4) is 0 Å². The molecule has 2 aromatic rings. The van der Waals surface area contributed by atoms with E-state index in [4.69, 9.17) is 5.10 Å². The average Bonchev–Trinajstić information content (AvgIpc) is 3.31. The highest BCUT2D eigenvalue weighted by Gasteiger charge is 2.33. The fourth-order valence-corrected chi connectivity index (χ4v) is 4.16. The Hall–Kier alpha value is -1.79. The molecule has 4 nitrogen and oxygen atoms in total. The summed E-state index contributed by atoms with van der Waals surface area (Å²) in [5.74, 6) is -1.69. The van der Waals surface area contributed by atoms with E-state index in [1.807, 2.05) is 12.3 Å². The standard InChI is InChI=1S/C19H23F2N3O/c20-17-6-5-13(9-18(17)21)19-10-16(25)12-23(19)11-14-7-8-24(22-14)15-3-1-2-4-15/h5-9,15-16,19,25H,1-4,10-12H2/t16-,19+/m0/s1. The van der Waals surface area contributed by atoms with Crippen LogP contribution in [0.5, 0.6) is 0 Å². The van der Waals surface area contributed by atoms with Crippen molar-refractivity contribution >= 4 is 0 Å². The molecule has 0 bridgehead atoms. The molecule has 1 saturated heterocycles. The first-order chi connectivity index (χ1) is 12.1. The lowest BCUT2D eigenvalue weighted by Gasteiger charge is -2.23. The van der Waals surface area contributed by atoms with Gasteiger partial charge >= 0.3 is 0 Å². The van der Waals surface area contributed by atoms with Crippen LogP contribution in [-0.4, -0.2) is 32.4 Å². The highest BCUT2D eigenvalue weighted by Crippen LogP contribution is 2.34. The van der Waals surface area contributed by atoms with Crippen LogP contribution in [0.15, 0.2) is 30.5 Å². The molecule has 2 atom stereocenters. The van der Waals surface area contributed by atoms with Crippen molar-refractivity contribution in [3.63, 3.8) is 0 Å². The second kappa shape index (κ2) is 6.84. The Morgan fingerprint density at radius 3 is 2.68 bits per heavy atom. The van der Waals surface area contributed by atoms with E-state index in [1.165, 1.54) is 31.7 Å². The van der Waals surface area contributed by atoms with Gasteiger partial charge in [0.25, 0.3) is 0 Å². The van der Waals surface area contributed by atoms with Crippen LogP contribution >= 0.6 is 0 Å². The quantitative estimate of drug-likeness (QED) is 0.919. The molecule has 4 rings (SSSR count). The summed E-state index contributed by atoms with van der Waals surface area (Å²) < 4.78 is 28.9. The van der Waals surface area contributed by atoms with Crippen LogP contribution < -0.4 is 0 Å². The first kappa shape index (κ1) is 16.7. The summed E-state index contributed by atoms with van der Waals surface area (Å²) in [4.78, 5) is 2.10. The predicted molar refractivity (Wildman–Crippen MR) is 89.9 cm³/mol. The van der Waals surface area contributed by atoms with Crippen LogP contribution in [0, 0.1) is 11.6 Å². The molecular weight excluding hydrogens is 324 g/mol. The van der Waals surface area contributed by atoms with Gasteiger partial charge in [0.1, 0.15) is 0 Å². The van der Waals surface area contributed by atoms with Gasteiger partial charge in [-0.1, -0.05) is 18.9 Å². The van der Waals surface area contributed by atoms with E-state index < -0.39 is 17.7 Å². The lowest BCUT2D eigenvalue weighted by atomic mass is 10.0. The van der Waals surface area contributed by atoms with E-state index in [0.717, 1.165) is 11.8 Å². The molecule has 2 fully saturated rings. The van der Waals surface area contributed by atoms with Gasteiger partial charge in [-0.2, -0.15) is 5.10 Å². The zero-order valence-corrected chi connectivity index (χ0v) is 14.1. The van der Waals surface area contributed by atoms with Crippen molar-refractivity contribution < 1.29 is 13.9 Å². The van der Waals surface area contributed by atoms with Crippen LogP contribution in [0.1, 0.15) is 55.4 Å². The Kier molecular flexibility index (Phi) is 4.56. The van der Waals surface area contributed by atoms with Gasteiger partial charge < -0.3 is 5.11 Å². The zero-order chi connectivity index (χ0) is 17.4. The SMILES string of the molecule is O[C@H]1C[C@H](c2ccc(F)c(F)c2)N(Cc2ccn(C3CCCC3)n2)C1. The Labute approximate surface area is 146 Å². The molecular formula is C19H23F2N3O. The molecule has 1 saturated carbocycles. The molecule has 1 N–H and O–H groups in total.